The second-order valence-corrected chi connectivity index (χ2v) is 33.1. The fraction of sp³-hybridized carbons (Fsp3) is 0.381. The third kappa shape index (κ3) is 18.8. The van der Waals surface area contributed by atoms with Crippen molar-refractivity contribution in [1.82, 2.24) is 0 Å². The van der Waals surface area contributed by atoms with Gasteiger partial charge in [0, 0.05) is 82.4 Å². The van der Waals surface area contributed by atoms with E-state index in [0.29, 0.717) is 23.3 Å². The molecular weight excluding hydrogens is 1330 g/mol. The van der Waals surface area contributed by atoms with Crippen LogP contribution in [-0.4, -0.2) is 54.1 Å². The summed E-state index contributed by atoms with van der Waals surface area (Å²) in [6, 6.07) is 43.6. The summed E-state index contributed by atoms with van der Waals surface area (Å²) in [5.74, 6) is 4.50. The van der Waals surface area contributed by atoms with Gasteiger partial charge in [-0.2, -0.15) is 0 Å². The molecule has 0 amide bonds. The van der Waals surface area contributed by atoms with Crippen LogP contribution in [0.4, 0.5) is 0 Å². The fourth-order valence-electron chi connectivity index (χ4n) is 11.8. The molecule has 78 heavy (non-hydrogen) atoms. The number of nitrogens with zero attached hydrogens (tertiary/aromatic N) is 3. The van der Waals surface area contributed by atoms with Gasteiger partial charge in [-0.1, -0.05) is 151 Å². The van der Waals surface area contributed by atoms with E-state index in [2.05, 4.69) is 131 Å². The molecule has 0 radical (unpaired) electrons. The van der Waals surface area contributed by atoms with Crippen molar-refractivity contribution in [1.29, 1.82) is 0 Å². The molecule has 414 valence electrons. The molecule has 0 aliphatic heterocycles. The summed E-state index contributed by atoms with van der Waals surface area (Å²) in [5, 5.41) is 32.3. The average molecular weight is 1410 g/mol. The molecular formula is C63H75Cl6N3O3Zr3. The summed E-state index contributed by atoms with van der Waals surface area (Å²) in [6.45, 7) is 19.1. The van der Waals surface area contributed by atoms with Gasteiger partial charge < -0.3 is 15.3 Å². The van der Waals surface area contributed by atoms with Gasteiger partial charge in [0.05, 0.1) is 6.04 Å². The topological polar surface area (TPSA) is 97.8 Å². The summed E-state index contributed by atoms with van der Waals surface area (Å²) in [5.41, 5.74) is 11.5. The van der Waals surface area contributed by atoms with Crippen LogP contribution in [0.2, 0.25) is 0 Å². The number of halogens is 6. The van der Waals surface area contributed by atoms with Gasteiger partial charge in [0.25, 0.3) is 0 Å². The van der Waals surface area contributed by atoms with Gasteiger partial charge in [0.15, 0.2) is 0 Å². The van der Waals surface area contributed by atoms with Crippen LogP contribution in [0.3, 0.4) is 0 Å². The fourth-order valence-corrected chi connectivity index (χ4v) is 11.8. The number of aromatic hydroxyl groups is 3. The Morgan fingerprint density at radius 3 is 0.936 bits per heavy atom. The summed E-state index contributed by atoms with van der Waals surface area (Å²) in [7, 11) is 33.0. The molecule has 4 aliphatic rings. The van der Waals surface area contributed by atoms with Gasteiger partial charge in [-0.25, -0.2) is 0 Å². The molecule has 0 heterocycles. The van der Waals surface area contributed by atoms with Crippen molar-refractivity contribution in [3.63, 3.8) is 0 Å². The molecule has 6 aromatic carbocycles. The van der Waals surface area contributed by atoms with Gasteiger partial charge in [0.1, 0.15) is 17.2 Å². The van der Waals surface area contributed by atoms with E-state index in [1.807, 2.05) is 74.7 Å². The van der Waals surface area contributed by atoms with Gasteiger partial charge in [0.2, 0.25) is 0 Å². The monoisotopic (exact) mass is 1400 g/mol. The third-order valence-electron chi connectivity index (χ3n) is 15.5. The Morgan fingerprint density at radius 2 is 0.679 bits per heavy atom. The first-order valence-electron chi connectivity index (χ1n) is 26.0. The van der Waals surface area contributed by atoms with Crippen LogP contribution in [0.25, 0.3) is 0 Å². The molecule has 15 heteroatoms. The Bertz CT molecular complexity index is 2740. The number of phenols is 3. The minimum absolute atomic E-state index is 0.256. The summed E-state index contributed by atoms with van der Waals surface area (Å²) >= 11 is -2.48. The molecule has 6 nitrogen and oxygen atoms in total. The van der Waals surface area contributed by atoms with E-state index < -0.39 is 62.5 Å². The van der Waals surface area contributed by atoms with Crippen molar-refractivity contribution < 1.29 is 77.9 Å². The first-order chi connectivity index (χ1) is 37.1. The predicted molar refractivity (Wildman–Crippen MR) is 325 cm³/mol. The van der Waals surface area contributed by atoms with E-state index >= 15 is 0 Å². The molecule has 3 N–H and O–H groups in total. The van der Waals surface area contributed by atoms with Crippen LogP contribution in [0.1, 0.15) is 140 Å². The molecule has 0 spiro atoms. The van der Waals surface area contributed by atoms with Crippen LogP contribution >= 0.6 is 51.1 Å². The zero-order valence-corrected chi connectivity index (χ0v) is 58.6. The van der Waals surface area contributed by atoms with Crippen molar-refractivity contribution >= 4 is 69.7 Å². The molecule has 4 bridgehead atoms. The minimum atomic E-state index is -0.826. The first kappa shape index (κ1) is 68.6. The second kappa shape index (κ2) is 33.4. The van der Waals surface area contributed by atoms with Gasteiger partial charge in [-0.15, -0.1) is 0 Å². The van der Waals surface area contributed by atoms with Crippen molar-refractivity contribution in [3.8, 4) is 17.2 Å². The van der Waals surface area contributed by atoms with Crippen molar-refractivity contribution in [2.24, 2.45) is 38.6 Å². The van der Waals surface area contributed by atoms with Crippen molar-refractivity contribution in [2.45, 2.75) is 117 Å². The van der Waals surface area contributed by atoms with Crippen LogP contribution in [0.5, 0.6) is 17.2 Å². The number of aryl methyl sites for hydroxylation is 3. The number of hydrogen-bond acceptors (Lipinski definition) is 6. The second-order valence-electron chi connectivity index (χ2n) is 21.9. The standard InChI is InChI=1S/C27H33NO.2C18H21NO.6ClH.3Zr/c1-17-9-22(16-28-25-20-12-18-11-19(14-20)15-21(25)13-18)26(29)24(10-17)27(2,3)23-7-5-4-6-8-23;2*1-13-10-14(12-19-4)17(20)16(11-13)18(2,3)15-8-6-5-7-9-15;;;;;;;;;/h4-10,16,18-21,25,29H,11-15H2,1-3H3;2*5-12,20H,1-4H3;6*1H;;;/q;;;;;;;;;3*+2/p-6. The zero-order chi connectivity index (χ0) is 57.8. The Balaban J connectivity index is 0.000000239. The Hall–Kier alpha value is -1.88. The molecule has 10 rings (SSSR count). The predicted octanol–water partition coefficient (Wildman–Crippen LogP) is 18.6. The number of benzene rings is 6. The van der Waals surface area contributed by atoms with E-state index in [0.717, 1.165) is 68.2 Å². The number of hydrogen-bond donors (Lipinski definition) is 3. The van der Waals surface area contributed by atoms with Crippen LogP contribution in [-0.2, 0) is 78.8 Å². The molecule has 0 atom stereocenters. The number of aliphatic imine (C=N–C) groups is 3. The Morgan fingerprint density at radius 1 is 0.423 bits per heavy atom. The molecule has 0 unspecified atom stereocenters. The van der Waals surface area contributed by atoms with E-state index in [-0.39, 0.29) is 16.2 Å². The molecule has 6 aromatic rings. The number of phenolic OH excluding ortho intramolecular Hbond substituents is 3. The summed E-state index contributed by atoms with van der Waals surface area (Å²) < 4.78 is 0. The molecule has 0 aromatic heterocycles. The van der Waals surface area contributed by atoms with Crippen molar-refractivity contribution in [3.05, 3.63) is 194 Å². The Kier molecular flexibility index (Phi) is 29.4. The van der Waals surface area contributed by atoms with Gasteiger partial charge >= 0.3 is 114 Å². The van der Waals surface area contributed by atoms with Crippen LogP contribution in [0.15, 0.2) is 142 Å². The molecule has 4 saturated carbocycles. The quantitative estimate of drug-likeness (QED) is 0.119. The maximum absolute atomic E-state index is 11.2. The average Bonchev–Trinajstić information content (AvgIpc) is 3.43. The van der Waals surface area contributed by atoms with E-state index in [1.165, 1.54) is 54.4 Å². The zero-order valence-electron chi connectivity index (χ0n) is 46.7. The number of rotatable bonds is 10. The van der Waals surface area contributed by atoms with E-state index in [4.69, 9.17) is 56.1 Å². The first-order valence-corrected chi connectivity index (χ1v) is 45.0. The molecule has 0 saturated heterocycles. The van der Waals surface area contributed by atoms with Crippen molar-refractivity contribution in [2.75, 3.05) is 14.1 Å². The summed E-state index contributed by atoms with van der Waals surface area (Å²) in [4.78, 5) is 13.1. The molecule has 4 aliphatic carbocycles. The summed E-state index contributed by atoms with van der Waals surface area (Å²) in [6.07, 6.45) is 12.4. The van der Waals surface area contributed by atoms with Crippen LogP contribution < -0.4 is 0 Å². The van der Waals surface area contributed by atoms with E-state index in [1.54, 1.807) is 26.5 Å². The maximum atomic E-state index is 11.2. The normalized spacial score (nSPS) is 18.2. The Labute approximate surface area is 522 Å². The van der Waals surface area contributed by atoms with E-state index in [9.17, 15) is 15.3 Å². The molecule has 4 fully saturated rings. The van der Waals surface area contributed by atoms with Crippen LogP contribution in [0, 0.1) is 44.4 Å². The van der Waals surface area contributed by atoms with Gasteiger partial charge in [-0.05, 0) is 128 Å². The SMILES string of the molecule is CN=Cc1cc(C)cc(C(C)(C)c2ccccc2)c1O.CN=Cc1cc(C)cc(C(C)(C)c2ccccc2)c1O.Cc1cc(C=NC2C3CC4CC(C3)CC2C4)c(O)c(C(C)(C)c2ccccc2)c1.[Cl][Zr][Cl].[Cl][Zr][Cl].[Cl][Zr][Cl]. The third-order valence-corrected chi connectivity index (χ3v) is 15.5. The van der Waals surface area contributed by atoms with Gasteiger partial charge in [-0.3, -0.25) is 15.0 Å².